The lowest BCUT2D eigenvalue weighted by Crippen LogP contribution is -2.69. The highest BCUT2D eigenvalue weighted by atomic mass is 32.2. The van der Waals surface area contributed by atoms with E-state index < -0.39 is 0 Å². The van der Waals surface area contributed by atoms with Crippen LogP contribution in [-0.2, 0) is 9.47 Å². The zero-order chi connectivity index (χ0) is 17.8. The molecule has 2 atom stereocenters. The first-order valence-corrected chi connectivity index (χ1v) is 10.3. The summed E-state index contributed by atoms with van der Waals surface area (Å²) >= 11 is 1.93. The number of ether oxygens (including phenoxy) is 2. The van der Waals surface area contributed by atoms with Gasteiger partial charge in [0.25, 0.3) is 0 Å². The van der Waals surface area contributed by atoms with Gasteiger partial charge in [0.05, 0.1) is 12.1 Å². The zero-order valence-electron chi connectivity index (χ0n) is 16.2. The maximum atomic E-state index is 5.73. The maximum absolute atomic E-state index is 5.73. The minimum absolute atomic E-state index is 0.0663. The number of thioether (sulfide) groups is 1. The van der Waals surface area contributed by atoms with Crippen LogP contribution in [0.4, 0.5) is 0 Å². The summed E-state index contributed by atoms with van der Waals surface area (Å²) in [6, 6.07) is 0.375. The monoisotopic (exact) mass is 357 g/mol. The summed E-state index contributed by atoms with van der Waals surface area (Å²) in [6.07, 6.45) is 5.35. The van der Waals surface area contributed by atoms with Crippen molar-refractivity contribution in [2.24, 2.45) is 10.4 Å². The molecule has 140 valence electrons. The third-order valence-corrected chi connectivity index (χ3v) is 7.70. The minimum atomic E-state index is -0.0663. The highest BCUT2D eigenvalue weighted by molar-refractivity contribution is 8.00. The molecule has 1 aliphatic heterocycles. The standard InChI is InChI=1S/C18H35N3O2S/c1-7-19-15(20-13-18(24-6)8-10-23-11-9-18)21-14-12-17(4,22-5)16(14,2)3/h14H,7-13H2,1-6H3,(H2,19,20,21). The van der Waals surface area contributed by atoms with Gasteiger partial charge in [-0.25, -0.2) is 0 Å². The Morgan fingerprint density at radius 3 is 2.46 bits per heavy atom. The van der Waals surface area contributed by atoms with E-state index in [9.17, 15) is 0 Å². The van der Waals surface area contributed by atoms with E-state index in [2.05, 4.69) is 44.6 Å². The maximum Gasteiger partial charge on any atom is 0.191 e. The van der Waals surface area contributed by atoms with Crippen LogP contribution in [0.5, 0.6) is 0 Å². The van der Waals surface area contributed by atoms with Gasteiger partial charge in [-0.3, -0.25) is 4.99 Å². The number of rotatable bonds is 6. The highest BCUT2D eigenvalue weighted by Crippen LogP contribution is 2.51. The number of guanidine groups is 1. The summed E-state index contributed by atoms with van der Waals surface area (Å²) in [5.74, 6) is 0.925. The second kappa shape index (κ2) is 7.83. The predicted octanol–water partition coefficient (Wildman–Crippen LogP) is 2.66. The number of hydrogen-bond donors (Lipinski definition) is 2. The topological polar surface area (TPSA) is 54.9 Å². The van der Waals surface area contributed by atoms with E-state index >= 15 is 0 Å². The minimum Gasteiger partial charge on any atom is -0.381 e. The Morgan fingerprint density at radius 1 is 1.29 bits per heavy atom. The van der Waals surface area contributed by atoms with Gasteiger partial charge < -0.3 is 20.1 Å². The molecule has 0 radical (unpaired) electrons. The molecule has 0 aromatic heterocycles. The van der Waals surface area contributed by atoms with Crippen molar-refractivity contribution >= 4 is 17.7 Å². The van der Waals surface area contributed by atoms with Crippen molar-refractivity contribution in [2.75, 3.05) is 39.7 Å². The van der Waals surface area contributed by atoms with Crippen LogP contribution in [0.1, 0.15) is 47.0 Å². The quantitative estimate of drug-likeness (QED) is 0.565. The Hall–Kier alpha value is -0.460. The summed E-state index contributed by atoms with van der Waals surface area (Å²) in [6.45, 7) is 12.2. The van der Waals surface area contributed by atoms with Gasteiger partial charge >= 0.3 is 0 Å². The molecule has 0 spiro atoms. The molecule has 1 saturated heterocycles. The van der Waals surface area contributed by atoms with E-state index in [0.29, 0.717) is 6.04 Å². The van der Waals surface area contributed by atoms with Gasteiger partial charge in [-0.05, 0) is 39.4 Å². The first kappa shape index (κ1) is 19.9. The number of nitrogens with one attached hydrogen (secondary N) is 2. The van der Waals surface area contributed by atoms with E-state index in [1.807, 2.05) is 18.9 Å². The third-order valence-electron chi connectivity index (χ3n) is 6.30. The molecule has 1 heterocycles. The molecule has 2 aliphatic rings. The van der Waals surface area contributed by atoms with Crippen LogP contribution < -0.4 is 10.6 Å². The van der Waals surface area contributed by atoms with Crippen LogP contribution in [0.2, 0.25) is 0 Å². The summed E-state index contributed by atoms with van der Waals surface area (Å²) in [4.78, 5) is 4.92. The summed E-state index contributed by atoms with van der Waals surface area (Å²) in [7, 11) is 1.81. The summed E-state index contributed by atoms with van der Waals surface area (Å²) in [5, 5.41) is 7.04. The molecule has 2 unspecified atom stereocenters. The normalized spacial score (nSPS) is 32.1. The van der Waals surface area contributed by atoms with Crippen molar-refractivity contribution in [1.29, 1.82) is 0 Å². The fourth-order valence-corrected chi connectivity index (χ4v) is 4.37. The number of methoxy groups -OCH3 is 1. The van der Waals surface area contributed by atoms with Crippen LogP contribution in [0.3, 0.4) is 0 Å². The van der Waals surface area contributed by atoms with Crippen molar-refractivity contribution < 1.29 is 9.47 Å². The Morgan fingerprint density at radius 2 is 1.96 bits per heavy atom. The smallest absolute Gasteiger partial charge is 0.191 e. The van der Waals surface area contributed by atoms with Crippen LogP contribution in [0.15, 0.2) is 4.99 Å². The molecule has 24 heavy (non-hydrogen) atoms. The van der Waals surface area contributed by atoms with E-state index in [1.54, 1.807) is 0 Å². The van der Waals surface area contributed by atoms with E-state index in [0.717, 1.165) is 51.5 Å². The van der Waals surface area contributed by atoms with Crippen molar-refractivity contribution in [1.82, 2.24) is 10.6 Å². The van der Waals surface area contributed by atoms with Crippen LogP contribution in [0, 0.1) is 5.41 Å². The molecule has 1 aliphatic carbocycles. The Kier molecular flexibility index (Phi) is 6.48. The first-order chi connectivity index (χ1) is 11.3. The number of nitrogens with zero attached hydrogens (tertiary/aromatic N) is 1. The van der Waals surface area contributed by atoms with E-state index in [1.165, 1.54) is 0 Å². The molecule has 2 fully saturated rings. The molecule has 2 rings (SSSR count). The van der Waals surface area contributed by atoms with Gasteiger partial charge in [-0.15, -0.1) is 0 Å². The summed E-state index contributed by atoms with van der Waals surface area (Å²) in [5.41, 5.74) is 0.0109. The van der Waals surface area contributed by atoms with Crippen molar-refractivity contribution in [3.8, 4) is 0 Å². The fraction of sp³-hybridized carbons (Fsp3) is 0.944. The van der Waals surface area contributed by atoms with Crippen LogP contribution >= 0.6 is 11.8 Å². The largest absolute Gasteiger partial charge is 0.381 e. The molecule has 5 nitrogen and oxygen atoms in total. The average Bonchev–Trinajstić information content (AvgIpc) is 2.59. The van der Waals surface area contributed by atoms with Crippen molar-refractivity contribution in [3.05, 3.63) is 0 Å². The molecule has 0 amide bonds. The van der Waals surface area contributed by atoms with Gasteiger partial charge in [-0.1, -0.05) is 13.8 Å². The molecule has 0 aromatic carbocycles. The molecule has 6 heteroatoms. The second-order valence-electron chi connectivity index (χ2n) is 7.75. The van der Waals surface area contributed by atoms with E-state index in [4.69, 9.17) is 14.5 Å². The lowest BCUT2D eigenvalue weighted by molar-refractivity contribution is -0.176. The predicted molar refractivity (Wildman–Crippen MR) is 103 cm³/mol. The number of aliphatic imine (C=N–C) groups is 1. The van der Waals surface area contributed by atoms with Gasteiger partial charge in [0.15, 0.2) is 5.96 Å². The third kappa shape index (κ3) is 3.86. The lowest BCUT2D eigenvalue weighted by atomic mass is 9.56. The van der Waals surface area contributed by atoms with Gasteiger partial charge in [0.2, 0.25) is 0 Å². The van der Waals surface area contributed by atoms with Crippen molar-refractivity contribution in [2.45, 2.75) is 63.3 Å². The fourth-order valence-electron chi connectivity index (χ4n) is 3.60. The Labute approximate surface area is 151 Å². The molecular weight excluding hydrogens is 322 g/mol. The van der Waals surface area contributed by atoms with Crippen LogP contribution in [0.25, 0.3) is 0 Å². The number of hydrogen-bond acceptors (Lipinski definition) is 4. The lowest BCUT2D eigenvalue weighted by Gasteiger charge is -2.59. The van der Waals surface area contributed by atoms with Crippen molar-refractivity contribution in [3.63, 3.8) is 0 Å². The second-order valence-corrected chi connectivity index (χ2v) is 9.03. The molecule has 1 saturated carbocycles. The average molecular weight is 358 g/mol. The summed E-state index contributed by atoms with van der Waals surface area (Å²) < 4.78 is 11.5. The molecular formula is C18H35N3O2S. The SMILES string of the molecule is CCNC(=NCC1(SC)CCOCC1)NC1CC(C)(OC)C1(C)C. The van der Waals surface area contributed by atoms with Gasteiger partial charge in [0.1, 0.15) is 0 Å². The molecule has 0 aromatic rings. The van der Waals surface area contributed by atoms with E-state index in [-0.39, 0.29) is 15.8 Å². The molecule has 2 N–H and O–H groups in total. The van der Waals surface area contributed by atoms with Crippen LogP contribution in [-0.4, -0.2) is 62.0 Å². The molecule has 0 bridgehead atoms. The first-order valence-electron chi connectivity index (χ1n) is 9.05. The highest BCUT2D eigenvalue weighted by Gasteiger charge is 2.58. The zero-order valence-corrected chi connectivity index (χ0v) is 17.0. The Bertz CT molecular complexity index is 450. The Balaban J connectivity index is 2.01. The van der Waals surface area contributed by atoms with Gasteiger partial charge in [-0.2, -0.15) is 11.8 Å². The van der Waals surface area contributed by atoms with Gasteiger partial charge in [0, 0.05) is 43.1 Å².